The van der Waals surface area contributed by atoms with Crippen LogP contribution in [0.5, 0.6) is 11.6 Å². The number of benzene rings is 1. The number of pyridine rings is 1. The van der Waals surface area contributed by atoms with Crippen LogP contribution in [-0.2, 0) is 6.54 Å². The van der Waals surface area contributed by atoms with Crippen LogP contribution in [0.1, 0.15) is 15.9 Å². The standard InChI is InChI=1S/C15H16FN3O2/c1-19(2)15(20)10-6-7-14(18-9-10)21-13-5-3-4-12(16)11(13)8-17/h3-7,9H,8,17H2,1-2H3. The molecule has 110 valence electrons. The zero-order chi connectivity index (χ0) is 15.4. The van der Waals surface area contributed by atoms with Gasteiger partial charge in [0.05, 0.1) is 5.56 Å². The maximum absolute atomic E-state index is 13.6. The van der Waals surface area contributed by atoms with Crippen molar-refractivity contribution in [2.45, 2.75) is 6.54 Å². The highest BCUT2D eigenvalue weighted by atomic mass is 19.1. The van der Waals surface area contributed by atoms with Gasteiger partial charge in [0.25, 0.3) is 5.91 Å². The van der Waals surface area contributed by atoms with E-state index in [1.165, 1.54) is 23.2 Å². The van der Waals surface area contributed by atoms with Crippen molar-refractivity contribution in [1.29, 1.82) is 0 Å². The van der Waals surface area contributed by atoms with E-state index in [2.05, 4.69) is 4.98 Å². The summed E-state index contributed by atoms with van der Waals surface area (Å²) in [6.45, 7) is 0.0270. The molecule has 0 saturated heterocycles. The minimum atomic E-state index is -0.422. The highest BCUT2D eigenvalue weighted by Crippen LogP contribution is 2.25. The number of nitrogens with zero attached hydrogens (tertiary/aromatic N) is 2. The third-order valence-corrected chi connectivity index (χ3v) is 2.88. The molecule has 1 aromatic carbocycles. The Kier molecular flexibility index (Phi) is 4.49. The monoisotopic (exact) mass is 289 g/mol. The Morgan fingerprint density at radius 2 is 2.10 bits per heavy atom. The van der Waals surface area contributed by atoms with Gasteiger partial charge in [0.1, 0.15) is 11.6 Å². The second kappa shape index (κ2) is 6.32. The van der Waals surface area contributed by atoms with E-state index < -0.39 is 5.82 Å². The topological polar surface area (TPSA) is 68.5 Å². The summed E-state index contributed by atoms with van der Waals surface area (Å²) in [7, 11) is 3.32. The molecule has 0 unspecified atom stereocenters. The fraction of sp³-hybridized carbons (Fsp3) is 0.200. The predicted molar refractivity (Wildman–Crippen MR) is 76.6 cm³/mol. The van der Waals surface area contributed by atoms with Gasteiger partial charge >= 0.3 is 0 Å². The van der Waals surface area contributed by atoms with E-state index in [1.807, 2.05) is 0 Å². The molecule has 0 saturated carbocycles. The van der Waals surface area contributed by atoms with E-state index in [0.29, 0.717) is 11.3 Å². The van der Waals surface area contributed by atoms with Crippen LogP contribution in [0.3, 0.4) is 0 Å². The highest BCUT2D eigenvalue weighted by molar-refractivity contribution is 5.93. The van der Waals surface area contributed by atoms with E-state index in [0.717, 1.165) is 0 Å². The average Bonchev–Trinajstić information content (AvgIpc) is 2.47. The molecule has 0 aliphatic rings. The van der Waals surface area contributed by atoms with Gasteiger partial charge in [0.2, 0.25) is 5.88 Å². The number of rotatable bonds is 4. The van der Waals surface area contributed by atoms with E-state index in [4.69, 9.17) is 10.5 Å². The Labute approximate surface area is 122 Å². The fourth-order valence-electron chi connectivity index (χ4n) is 1.77. The first-order valence-electron chi connectivity index (χ1n) is 6.36. The van der Waals surface area contributed by atoms with Crippen molar-refractivity contribution in [3.8, 4) is 11.6 Å². The number of carbonyl (C=O) groups excluding carboxylic acids is 1. The van der Waals surface area contributed by atoms with Gasteiger partial charge in [-0.3, -0.25) is 4.79 Å². The van der Waals surface area contributed by atoms with Gasteiger partial charge in [0.15, 0.2) is 0 Å². The molecule has 0 fully saturated rings. The van der Waals surface area contributed by atoms with Gasteiger partial charge < -0.3 is 15.4 Å². The molecule has 2 rings (SSSR count). The number of amides is 1. The fourth-order valence-corrected chi connectivity index (χ4v) is 1.77. The summed E-state index contributed by atoms with van der Waals surface area (Å²) in [6.07, 6.45) is 1.42. The van der Waals surface area contributed by atoms with Crippen molar-refractivity contribution in [3.05, 3.63) is 53.5 Å². The van der Waals surface area contributed by atoms with Crippen LogP contribution in [0.15, 0.2) is 36.5 Å². The summed E-state index contributed by atoms with van der Waals surface area (Å²) >= 11 is 0. The number of nitrogens with two attached hydrogens (primary N) is 1. The van der Waals surface area contributed by atoms with Crippen LogP contribution in [0.25, 0.3) is 0 Å². The summed E-state index contributed by atoms with van der Waals surface area (Å²) in [5.41, 5.74) is 6.25. The van der Waals surface area contributed by atoms with Crippen molar-refractivity contribution in [3.63, 3.8) is 0 Å². The molecule has 0 bridgehead atoms. The zero-order valence-electron chi connectivity index (χ0n) is 11.8. The van der Waals surface area contributed by atoms with Crippen molar-refractivity contribution < 1.29 is 13.9 Å². The van der Waals surface area contributed by atoms with E-state index in [-0.39, 0.29) is 23.9 Å². The molecule has 5 nitrogen and oxygen atoms in total. The lowest BCUT2D eigenvalue weighted by molar-refractivity contribution is 0.0827. The number of halogens is 1. The molecule has 0 aliphatic carbocycles. The largest absolute Gasteiger partial charge is 0.439 e. The molecule has 1 aromatic heterocycles. The van der Waals surface area contributed by atoms with Crippen LogP contribution in [-0.4, -0.2) is 29.9 Å². The Morgan fingerprint density at radius 1 is 1.33 bits per heavy atom. The Bertz CT molecular complexity index is 642. The summed E-state index contributed by atoms with van der Waals surface area (Å²) in [4.78, 5) is 17.2. The van der Waals surface area contributed by atoms with Crippen LogP contribution in [0.2, 0.25) is 0 Å². The molecule has 0 radical (unpaired) electrons. The van der Waals surface area contributed by atoms with Crippen LogP contribution in [0.4, 0.5) is 4.39 Å². The smallest absolute Gasteiger partial charge is 0.254 e. The van der Waals surface area contributed by atoms with Crippen molar-refractivity contribution in [2.75, 3.05) is 14.1 Å². The second-order valence-corrected chi connectivity index (χ2v) is 4.61. The van der Waals surface area contributed by atoms with Gasteiger partial charge in [-0.25, -0.2) is 9.37 Å². The molecule has 6 heteroatoms. The lowest BCUT2D eigenvalue weighted by Gasteiger charge is -2.12. The normalized spacial score (nSPS) is 10.3. The quantitative estimate of drug-likeness (QED) is 0.936. The van der Waals surface area contributed by atoms with Crippen molar-refractivity contribution >= 4 is 5.91 Å². The molecule has 2 N–H and O–H groups in total. The second-order valence-electron chi connectivity index (χ2n) is 4.61. The first-order valence-corrected chi connectivity index (χ1v) is 6.36. The molecule has 2 aromatic rings. The number of ether oxygens (including phenoxy) is 1. The molecule has 21 heavy (non-hydrogen) atoms. The summed E-state index contributed by atoms with van der Waals surface area (Å²) in [6, 6.07) is 7.63. The van der Waals surface area contributed by atoms with Gasteiger partial charge in [-0.05, 0) is 18.2 Å². The zero-order valence-corrected chi connectivity index (χ0v) is 11.8. The Balaban J connectivity index is 2.21. The van der Waals surface area contributed by atoms with Gasteiger partial charge in [0, 0.05) is 38.5 Å². The summed E-state index contributed by atoms with van der Waals surface area (Å²) in [5, 5.41) is 0. The molecule has 0 atom stereocenters. The van der Waals surface area contributed by atoms with Gasteiger partial charge in [-0.2, -0.15) is 0 Å². The molecular weight excluding hydrogens is 273 g/mol. The SMILES string of the molecule is CN(C)C(=O)c1ccc(Oc2cccc(F)c2CN)nc1. The van der Waals surface area contributed by atoms with E-state index in [1.54, 1.807) is 32.3 Å². The van der Waals surface area contributed by atoms with Gasteiger partial charge in [-0.15, -0.1) is 0 Å². The van der Waals surface area contributed by atoms with Crippen LogP contribution < -0.4 is 10.5 Å². The maximum atomic E-state index is 13.6. The summed E-state index contributed by atoms with van der Waals surface area (Å²) < 4.78 is 19.1. The minimum Gasteiger partial charge on any atom is -0.439 e. The third kappa shape index (κ3) is 3.35. The summed E-state index contributed by atoms with van der Waals surface area (Å²) in [5.74, 6) is 0.0131. The number of carbonyl (C=O) groups is 1. The third-order valence-electron chi connectivity index (χ3n) is 2.88. The first-order chi connectivity index (χ1) is 10.0. The van der Waals surface area contributed by atoms with Crippen molar-refractivity contribution in [2.24, 2.45) is 5.73 Å². The maximum Gasteiger partial charge on any atom is 0.254 e. The van der Waals surface area contributed by atoms with Crippen molar-refractivity contribution in [1.82, 2.24) is 9.88 Å². The predicted octanol–water partition coefficient (Wildman–Crippen LogP) is 2.17. The molecular formula is C15H16FN3O2. The van der Waals surface area contributed by atoms with Crippen LogP contribution >= 0.6 is 0 Å². The first kappa shape index (κ1) is 14.9. The minimum absolute atomic E-state index is 0.0270. The lowest BCUT2D eigenvalue weighted by atomic mass is 10.2. The molecule has 1 amide bonds. The van der Waals surface area contributed by atoms with Gasteiger partial charge in [-0.1, -0.05) is 6.07 Å². The number of aromatic nitrogens is 1. The molecule has 0 aliphatic heterocycles. The average molecular weight is 289 g/mol. The van der Waals surface area contributed by atoms with Crippen LogP contribution in [0, 0.1) is 5.82 Å². The number of hydrogen-bond acceptors (Lipinski definition) is 4. The lowest BCUT2D eigenvalue weighted by Crippen LogP contribution is -2.21. The van der Waals surface area contributed by atoms with E-state index in [9.17, 15) is 9.18 Å². The molecule has 0 spiro atoms. The Hall–Kier alpha value is -2.47. The Morgan fingerprint density at radius 3 is 2.67 bits per heavy atom. The molecule has 1 heterocycles. The van der Waals surface area contributed by atoms with E-state index >= 15 is 0 Å². The highest BCUT2D eigenvalue weighted by Gasteiger charge is 2.11. The number of hydrogen-bond donors (Lipinski definition) is 1.